The number of H-pyrrole nitrogens is 1. The van der Waals surface area contributed by atoms with Crippen molar-refractivity contribution in [2.75, 3.05) is 13.6 Å². The van der Waals surface area contributed by atoms with Crippen LogP contribution in [-0.4, -0.2) is 34.7 Å². The van der Waals surface area contributed by atoms with E-state index in [1.165, 1.54) is 17.5 Å². The van der Waals surface area contributed by atoms with E-state index < -0.39 is 0 Å². The van der Waals surface area contributed by atoms with E-state index in [4.69, 9.17) is 0 Å². The lowest BCUT2D eigenvalue weighted by Gasteiger charge is -2.17. The third-order valence-electron chi connectivity index (χ3n) is 4.52. The summed E-state index contributed by atoms with van der Waals surface area (Å²) in [6.07, 6.45) is 1.52. The Morgan fingerprint density at radius 1 is 1.14 bits per heavy atom. The first-order valence-electron chi connectivity index (χ1n) is 9.11. The maximum atomic E-state index is 4.32. The number of guanidine groups is 1. The molecule has 0 fully saturated rings. The van der Waals surface area contributed by atoms with Gasteiger partial charge in [0.25, 0.3) is 0 Å². The zero-order valence-corrected chi connectivity index (χ0v) is 18.8. The van der Waals surface area contributed by atoms with Crippen LogP contribution in [0.2, 0.25) is 0 Å². The molecule has 0 aliphatic rings. The van der Waals surface area contributed by atoms with Gasteiger partial charge in [-0.2, -0.15) is 5.10 Å². The summed E-state index contributed by atoms with van der Waals surface area (Å²) in [4.78, 5) is 8.52. The molecule has 3 aromatic rings. The molecule has 0 saturated carbocycles. The molecule has 28 heavy (non-hydrogen) atoms. The van der Waals surface area contributed by atoms with Crippen LogP contribution in [0.15, 0.2) is 59.9 Å². The number of hydrogen-bond donors (Lipinski definition) is 3. The number of aromatic nitrogens is 3. The molecule has 0 bridgehead atoms. The van der Waals surface area contributed by atoms with Crippen molar-refractivity contribution in [3.63, 3.8) is 0 Å². The van der Waals surface area contributed by atoms with Crippen molar-refractivity contribution in [3.8, 4) is 11.4 Å². The molecule has 0 saturated heterocycles. The van der Waals surface area contributed by atoms with Gasteiger partial charge >= 0.3 is 0 Å². The monoisotopic (exact) mass is 490 g/mol. The first-order valence-corrected chi connectivity index (χ1v) is 9.11. The Morgan fingerprint density at radius 3 is 2.61 bits per heavy atom. The van der Waals surface area contributed by atoms with E-state index in [0.29, 0.717) is 12.5 Å². The molecule has 1 unspecified atom stereocenters. The lowest BCUT2D eigenvalue weighted by Crippen LogP contribution is -2.38. The quantitative estimate of drug-likeness (QED) is 0.279. The fourth-order valence-electron chi connectivity index (χ4n) is 2.84. The van der Waals surface area contributed by atoms with E-state index in [9.17, 15) is 0 Å². The van der Waals surface area contributed by atoms with E-state index >= 15 is 0 Å². The van der Waals surface area contributed by atoms with Crippen LogP contribution >= 0.6 is 24.0 Å². The van der Waals surface area contributed by atoms with Gasteiger partial charge in [0.1, 0.15) is 6.33 Å². The number of nitrogens with zero attached hydrogens (tertiary/aromatic N) is 3. The number of benzene rings is 2. The van der Waals surface area contributed by atoms with Gasteiger partial charge in [0.2, 0.25) is 0 Å². The molecular weight excluding hydrogens is 463 g/mol. The SMILES string of the molecule is CN=C(NCc1cccc(-c2ncn[nH]2)c1)NCC(C)c1ccc(C)cc1.I. The van der Waals surface area contributed by atoms with E-state index in [0.717, 1.165) is 29.5 Å². The summed E-state index contributed by atoms with van der Waals surface area (Å²) in [5.41, 5.74) is 4.77. The third-order valence-corrected chi connectivity index (χ3v) is 4.52. The molecule has 0 radical (unpaired) electrons. The highest BCUT2D eigenvalue weighted by atomic mass is 127. The molecule has 148 valence electrons. The smallest absolute Gasteiger partial charge is 0.191 e. The van der Waals surface area contributed by atoms with Crippen LogP contribution in [-0.2, 0) is 6.54 Å². The summed E-state index contributed by atoms with van der Waals surface area (Å²) in [6.45, 7) is 5.82. The summed E-state index contributed by atoms with van der Waals surface area (Å²) in [5, 5.41) is 13.6. The van der Waals surface area contributed by atoms with Gasteiger partial charge < -0.3 is 10.6 Å². The summed E-state index contributed by atoms with van der Waals surface area (Å²) in [7, 11) is 1.79. The molecule has 0 spiro atoms. The van der Waals surface area contributed by atoms with Crippen molar-refractivity contribution in [3.05, 3.63) is 71.5 Å². The lowest BCUT2D eigenvalue weighted by atomic mass is 10.0. The molecular formula is C21H27IN6. The van der Waals surface area contributed by atoms with Gasteiger partial charge in [0.05, 0.1) is 0 Å². The molecule has 0 amide bonds. The molecule has 0 aliphatic carbocycles. The zero-order valence-electron chi connectivity index (χ0n) is 16.4. The molecule has 3 N–H and O–H groups in total. The summed E-state index contributed by atoms with van der Waals surface area (Å²) in [5.74, 6) is 1.96. The molecule has 0 aliphatic heterocycles. The summed E-state index contributed by atoms with van der Waals surface area (Å²) in [6, 6.07) is 16.9. The van der Waals surface area contributed by atoms with Crippen molar-refractivity contribution >= 4 is 29.9 Å². The minimum Gasteiger partial charge on any atom is -0.356 e. The van der Waals surface area contributed by atoms with Crippen molar-refractivity contribution < 1.29 is 0 Å². The molecule has 7 heteroatoms. The van der Waals surface area contributed by atoms with Gasteiger partial charge in [-0.25, -0.2) is 4.98 Å². The number of aryl methyl sites for hydroxylation is 1. The van der Waals surface area contributed by atoms with Gasteiger partial charge in [-0.3, -0.25) is 10.1 Å². The van der Waals surface area contributed by atoms with E-state index in [-0.39, 0.29) is 24.0 Å². The number of halogens is 1. The first kappa shape index (κ1) is 21.9. The fraction of sp³-hybridized carbons (Fsp3) is 0.286. The highest BCUT2D eigenvalue weighted by molar-refractivity contribution is 14.0. The van der Waals surface area contributed by atoms with Crippen molar-refractivity contribution in [2.45, 2.75) is 26.3 Å². The summed E-state index contributed by atoms with van der Waals surface area (Å²) >= 11 is 0. The zero-order chi connectivity index (χ0) is 19.1. The Hall–Kier alpha value is -2.42. The van der Waals surface area contributed by atoms with Gasteiger partial charge in [-0.05, 0) is 30.0 Å². The Labute approximate surface area is 183 Å². The predicted molar refractivity (Wildman–Crippen MR) is 125 cm³/mol. The summed E-state index contributed by atoms with van der Waals surface area (Å²) < 4.78 is 0. The molecule has 2 aromatic carbocycles. The lowest BCUT2D eigenvalue weighted by molar-refractivity contribution is 0.698. The van der Waals surface area contributed by atoms with Gasteiger partial charge in [-0.15, -0.1) is 24.0 Å². The largest absolute Gasteiger partial charge is 0.356 e. The fourth-order valence-corrected chi connectivity index (χ4v) is 2.84. The average molecular weight is 490 g/mol. The van der Waals surface area contributed by atoms with Crippen LogP contribution in [0.1, 0.15) is 29.5 Å². The Kier molecular flexibility index (Phi) is 8.43. The maximum Gasteiger partial charge on any atom is 0.191 e. The maximum absolute atomic E-state index is 4.32. The second kappa shape index (κ2) is 10.8. The van der Waals surface area contributed by atoms with E-state index in [1.54, 1.807) is 7.05 Å². The first-order chi connectivity index (χ1) is 13.2. The van der Waals surface area contributed by atoms with Crippen LogP contribution in [0.25, 0.3) is 11.4 Å². The number of aliphatic imine (C=N–C) groups is 1. The van der Waals surface area contributed by atoms with E-state index in [2.05, 4.69) is 81.1 Å². The minimum atomic E-state index is 0. The molecule has 1 aromatic heterocycles. The molecule has 3 rings (SSSR count). The Morgan fingerprint density at radius 2 is 1.93 bits per heavy atom. The van der Waals surface area contributed by atoms with Crippen molar-refractivity contribution in [2.24, 2.45) is 4.99 Å². The third kappa shape index (κ3) is 6.05. The van der Waals surface area contributed by atoms with Crippen LogP contribution in [0.3, 0.4) is 0 Å². The topological polar surface area (TPSA) is 78.0 Å². The molecule has 1 heterocycles. The Bertz CT molecular complexity index is 874. The molecule has 1 atom stereocenters. The highest BCUT2D eigenvalue weighted by Gasteiger charge is 2.07. The van der Waals surface area contributed by atoms with Crippen molar-refractivity contribution in [1.82, 2.24) is 25.8 Å². The van der Waals surface area contributed by atoms with Crippen LogP contribution in [0.4, 0.5) is 0 Å². The second-order valence-corrected chi connectivity index (χ2v) is 6.65. The number of aromatic amines is 1. The van der Waals surface area contributed by atoms with E-state index in [1.807, 2.05) is 12.1 Å². The predicted octanol–water partition coefficient (Wildman–Crippen LogP) is 3.87. The Balaban J connectivity index is 0.00000280. The molecule has 6 nitrogen and oxygen atoms in total. The minimum absolute atomic E-state index is 0. The van der Waals surface area contributed by atoms with Gasteiger partial charge in [0.15, 0.2) is 11.8 Å². The van der Waals surface area contributed by atoms with Gasteiger partial charge in [0, 0.05) is 25.7 Å². The normalized spacial score (nSPS) is 12.2. The van der Waals surface area contributed by atoms with Crippen LogP contribution < -0.4 is 10.6 Å². The number of hydrogen-bond acceptors (Lipinski definition) is 3. The van der Waals surface area contributed by atoms with Crippen molar-refractivity contribution in [1.29, 1.82) is 0 Å². The second-order valence-electron chi connectivity index (χ2n) is 6.65. The van der Waals surface area contributed by atoms with Crippen LogP contribution in [0, 0.1) is 6.92 Å². The van der Waals surface area contributed by atoms with Gasteiger partial charge in [-0.1, -0.05) is 55.0 Å². The number of rotatable bonds is 6. The highest BCUT2D eigenvalue weighted by Crippen LogP contribution is 2.16. The van der Waals surface area contributed by atoms with Crippen LogP contribution in [0.5, 0.6) is 0 Å². The number of nitrogens with one attached hydrogen (secondary N) is 3. The average Bonchev–Trinajstić information content (AvgIpc) is 3.23. The standard InChI is InChI=1S/C21H26N6.HI/c1-15-7-9-18(10-8-15)16(2)12-23-21(22-3)24-13-17-5-4-6-19(11-17)20-25-14-26-27-20;/h4-11,14,16H,12-13H2,1-3H3,(H2,22,23,24)(H,25,26,27);1H.